The third-order valence-electron chi connectivity index (χ3n) is 3.56. The lowest BCUT2D eigenvalue weighted by Gasteiger charge is -2.05. The predicted octanol–water partition coefficient (Wildman–Crippen LogP) is 4.32. The molecule has 0 aliphatic rings. The monoisotopic (exact) mass is 397 g/mol. The zero-order valence-corrected chi connectivity index (χ0v) is 15.4. The molecule has 9 nitrogen and oxygen atoms in total. The molecule has 2 aromatic carbocycles. The lowest BCUT2D eigenvalue weighted by molar-refractivity contribution is -0.384. The number of hydrogen-bond donors (Lipinski definition) is 3. The standard InChI is InChI=1S/C18H15N5O4S/c1-11(24)19-13-4-2-12(3-5-13)16-10-28-18(21-16)22-17(25)20-14-6-8-15(9-7-14)23(26)27/h2-10H,1H3,(H,19,24)(H2,20,21,22,25). The molecule has 28 heavy (non-hydrogen) atoms. The molecule has 0 aliphatic carbocycles. The quantitative estimate of drug-likeness (QED) is 0.436. The maximum Gasteiger partial charge on any atom is 0.325 e. The maximum atomic E-state index is 12.1. The predicted molar refractivity (Wildman–Crippen MR) is 108 cm³/mol. The molecule has 0 unspecified atom stereocenters. The van der Waals surface area contributed by atoms with Gasteiger partial charge in [-0.25, -0.2) is 9.78 Å². The second-order valence-electron chi connectivity index (χ2n) is 5.68. The van der Waals surface area contributed by atoms with Gasteiger partial charge >= 0.3 is 6.03 Å². The molecule has 1 heterocycles. The molecule has 0 radical (unpaired) electrons. The number of amides is 3. The van der Waals surface area contributed by atoms with Crippen molar-refractivity contribution in [3.8, 4) is 11.3 Å². The summed E-state index contributed by atoms with van der Waals surface area (Å²) in [6, 6.07) is 12.2. The van der Waals surface area contributed by atoms with Crippen molar-refractivity contribution in [3.05, 3.63) is 64.0 Å². The van der Waals surface area contributed by atoms with E-state index in [0.717, 1.165) is 5.56 Å². The number of carbonyl (C=O) groups excluding carboxylic acids is 2. The van der Waals surface area contributed by atoms with Crippen molar-refractivity contribution >= 4 is 45.5 Å². The van der Waals surface area contributed by atoms with Crippen molar-refractivity contribution in [3.63, 3.8) is 0 Å². The number of nitrogens with zero attached hydrogens (tertiary/aromatic N) is 2. The van der Waals surface area contributed by atoms with Gasteiger partial charge in [0, 0.05) is 41.4 Å². The molecular formula is C18H15N5O4S. The summed E-state index contributed by atoms with van der Waals surface area (Å²) in [5, 5.41) is 20.7. The van der Waals surface area contributed by atoms with Gasteiger partial charge in [-0.1, -0.05) is 12.1 Å². The Morgan fingerprint density at radius 1 is 0.964 bits per heavy atom. The first-order valence-corrected chi connectivity index (χ1v) is 8.95. The summed E-state index contributed by atoms with van der Waals surface area (Å²) < 4.78 is 0. The molecule has 0 saturated carbocycles. The van der Waals surface area contributed by atoms with E-state index >= 15 is 0 Å². The summed E-state index contributed by atoms with van der Waals surface area (Å²) in [4.78, 5) is 37.6. The number of thiazole rings is 1. The van der Waals surface area contributed by atoms with Gasteiger partial charge in [0.05, 0.1) is 10.6 Å². The Hall–Kier alpha value is -3.79. The van der Waals surface area contributed by atoms with E-state index in [1.165, 1.54) is 42.5 Å². The molecule has 3 N–H and O–H groups in total. The third kappa shape index (κ3) is 4.89. The molecule has 0 aliphatic heterocycles. The van der Waals surface area contributed by atoms with Gasteiger partial charge in [0.25, 0.3) is 5.69 Å². The first-order chi connectivity index (χ1) is 13.4. The molecule has 1 aromatic heterocycles. The Labute approximate surface area is 163 Å². The summed E-state index contributed by atoms with van der Waals surface area (Å²) in [6.45, 7) is 1.44. The van der Waals surface area contributed by atoms with Crippen LogP contribution in [0.25, 0.3) is 11.3 Å². The Morgan fingerprint density at radius 3 is 2.18 bits per heavy atom. The van der Waals surface area contributed by atoms with Gasteiger partial charge in [-0.15, -0.1) is 11.3 Å². The van der Waals surface area contributed by atoms with Crippen LogP contribution in [-0.2, 0) is 4.79 Å². The fourth-order valence-electron chi connectivity index (χ4n) is 2.32. The topological polar surface area (TPSA) is 126 Å². The van der Waals surface area contributed by atoms with Gasteiger partial charge in [-0.2, -0.15) is 0 Å². The molecular weight excluding hydrogens is 382 g/mol. The minimum absolute atomic E-state index is 0.0555. The zero-order chi connectivity index (χ0) is 20.1. The van der Waals surface area contributed by atoms with Gasteiger partial charge in [0.2, 0.25) is 5.91 Å². The van der Waals surface area contributed by atoms with Crippen molar-refractivity contribution in [1.82, 2.24) is 4.98 Å². The van der Waals surface area contributed by atoms with Gasteiger partial charge in [0.1, 0.15) is 0 Å². The Balaban J connectivity index is 1.61. The molecule has 3 amide bonds. The molecule has 3 aromatic rings. The van der Waals surface area contributed by atoms with Crippen LogP contribution in [0.2, 0.25) is 0 Å². The number of aromatic nitrogens is 1. The van der Waals surface area contributed by atoms with E-state index in [2.05, 4.69) is 20.9 Å². The van der Waals surface area contributed by atoms with E-state index in [-0.39, 0.29) is 11.6 Å². The number of rotatable bonds is 5. The normalized spacial score (nSPS) is 10.2. The van der Waals surface area contributed by atoms with Crippen LogP contribution in [-0.4, -0.2) is 21.8 Å². The van der Waals surface area contributed by atoms with Gasteiger partial charge < -0.3 is 10.6 Å². The number of nitrogens with one attached hydrogen (secondary N) is 3. The highest BCUT2D eigenvalue weighted by molar-refractivity contribution is 7.14. The van der Waals surface area contributed by atoms with E-state index in [1.54, 1.807) is 17.5 Å². The molecule has 0 spiro atoms. The summed E-state index contributed by atoms with van der Waals surface area (Å²) in [5.74, 6) is -0.146. The Morgan fingerprint density at radius 2 is 1.57 bits per heavy atom. The van der Waals surface area contributed by atoms with Crippen molar-refractivity contribution in [2.45, 2.75) is 6.92 Å². The van der Waals surface area contributed by atoms with E-state index < -0.39 is 11.0 Å². The number of carbonyl (C=O) groups is 2. The molecule has 0 saturated heterocycles. The van der Waals surface area contributed by atoms with Gasteiger partial charge in [-0.3, -0.25) is 20.2 Å². The Bertz CT molecular complexity index is 1020. The minimum Gasteiger partial charge on any atom is -0.326 e. The average Bonchev–Trinajstić information content (AvgIpc) is 3.10. The molecule has 0 fully saturated rings. The van der Waals surface area contributed by atoms with Crippen LogP contribution in [0.4, 0.5) is 27.0 Å². The summed E-state index contributed by atoms with van der Waals surface area (Å²) in [5.41, 5.74) is 2.58. The van der Waals surface area contributed by atoms with Crippen LogP contribution in [0.3, 0.4) is 0 Å². The van der Waals surface area contributed by atoms with E-state index in [9.17, 15) is 19.7 Å². The number of non-ortho nitro benzene ring substituents is 1. The number of nitro benzene ring substituents is 1. The smallest absolute Gasteiger partial charge is 0.325 e. The summed E-state index contributed by atoms with van der Waals surface area (Å²) in [7, 11) is 0. The lowest BCUT2D eigenvalue weighted by atomic mass is 10.1. The molecule has 0 bridgehead atoms. The van der Waals surface area contributed by atoms with Crippen molar-refractivity contribution < 1.29 is 14.5 Å². The first kappa shape index (κ1) is 19.0. The highest BCUT2D eigenvalue weighted by atomic mass is 32.1. The van der Waals surface area contributed by atoms with Gasteiger partial charge in [-0.05, 0) is 24.3 Å². The maximum absolute atomic E-state index is 12.1. The van der Waals surface area contributed by atoms with E-state index in [4.69, 9.17) is 0 Å². The van der Waals surface area contributed by atoms with Crippen LogP contribution < -0.4 is 16.0 Å². The first-order valence-electron chi connectivity index (χ1n) is 8.07. The fourth-order valence-corrected chi connectivity index (χ4v) is 3.03. The third-order valence-corrected chi connectivity index (χ3v) is 4.32. The second-order valence-corrected chi connectivity index (χ2v) is 6.54. The van der Waals surface area contributed by atoms with Crippen molar-refractivity contribution in [1.29, 1.82) is 0 Å². The largest absolute Gasteiger partial charge is 0.326 e. The SMILES string of the molecule is CC(=O)Nc1ccc(-c2csc(NC(=O)Nc3ccc([N+](=O)[O-])cc3)n2)cc1. The lowest BCUT2D eigenvalue weighted by Crippen LogP contribution is -2.19. The van der Waals surface area contributed by atoms with Crippen LogP contribution in [0, 0.1) is 10.1 Å². The molecule has 10 heteroatoms. The Kier molecular flexibility index (Phi) is 5.61. The molecule has 3 rings (SSSR count). The van der Waals surface area contributed by atoms with Crippen LogP contribution in [0.15, 0.2) is 53.9 Å². The molecule has 142 valence electrons. The van der Waals surface area contributed by atoms with Crippen LogP contribution >= 0.6 is 11.3 Å². The summed E-state index contributed by atoms with van der Waals surface area (Å²) in [6.07, 6.45) is 0. The zero-order valence-electron chi connectivity index (χ0n) is 14.6. The average molecular weight is 397 g/mol. The van der Waals surface area contributed by atoms with Crippen molar-refractivity contribution in [2.24, 2.45) is 0 Å². The van der Waals surface area contributed by atoms with Crippen LogP contribution in [0.1, 0.15) is 6.92 Å². The highest BCUT2D eigenvalue weighted by Gasteiger charge is 2.10. The van der Waals surface area contributed by atoms with Crippen molar-refractivity contribution in [2.75, 3.05) is 16.0 Å². The number of nitro groups is 1. The van der Waals surface area contributed by atoms with Gasteiger partial charge in [0.15, 0.2) is 5.13 Å². The second kappa shape index (κ2) is 8.27. The number of urea groups is 1. The number of hydrogen-bond acceptors (Lipinski definition) is 6. The fraction of sp³-hybridized carbons (Fsp3) is 0.0556. The number of anilines is 3. The minimum atomic E-state index is -0.510. The van der Waals surface area contributed by atoms with E-state index in [1.807, 2.05) is 12.1 Å². The highest BCUT2D eigenvalue weighted by Crippen LogP contribution is 2.26. The van der Waals surface area contributed by atoms with Crippen LogP contribution in [0.5, 0.6) is 0 Å². The molecule has 0 atom stereocenters. The number of benzene rings is 2. The summed E-state index contributed by atoms with van der Waals surface area (Å²) >= 11 is 1.26. The van der Waals surface area contributed by atoms with E-state index in [0.29, 0.717) is 22.2 Å².